The van der Waals surface area contributed by atoms with E-state index in [-0.39, 0.29) is 38.3 Å². The SMILES string of the molecule is NC(N)=NCCCC(NC(=O)C(N)Cc1ccccc1)C(=O)NC(Cc1ccccc1)C(=O)N1CCCC1C(=O)O. The summed E-state index contributed by atoms with van der Waals surface area (Å²) in [6.07, 6.45) is 1.87. The van der Waals surface area contributed by atoms with Crippen LogP contribution >= 0.6 is 0 Å². The summed E-state index contributed by atoms with van der Waals surface area (Å²) in [6.45, 7) is 0.516. The second-order valence-corrected chi connectivity index (χ2v) is 10.1. The van der Waals surface area contributed by atoms with E-state index in [9.17, 15) is 24.3 Å². The number of likely N-dealkylation sites (tertiary alicyclic amines) is 1. The Kier molecular flexibility index (Phi) is 11.6. The van der Waals surface area contributed by atoms with Gasteiger partial charge in [-0.25, -0.2) is 4.79 Å². The number of carboxylic acid groups (broad SMARTS) is 1. The third-order valence-electron chi connectivity index (χ3n) is 6.93. The number of carboxylic acids is 1. The van der Waals surface area contributed by atoms with Gasteiger partial charge in [0.05, 0.1) is 6.04 Å². The molecule has 41 heavy (non-hydrogen) atoms. The number of benzene rings is 2. The summed E-state index contributed by atoms with van der Waals surface area (Å²) in [7, 11) is 0. The van der Waals surface area contributed by atoms with Crippen LogP contribution in [0.4, 0.5) is 0 Å². The molecule has 2 aromatic rings. The highest BCUT2D eigenvalue weighted by atomic mass is 16.4. The third-order valence-corrected chi connectivity index (χ3v) is 6.93. The first-order chi connectivity index (χ1) is 19.7. The second kappa shape index (κ2) is 15.4. The Labute approximate surface area is 239 Å². The number of nitrogens with zero attached hydrogens (tertiary/aromatic N) is 2. The molecule has 0 aromatic heterocycles. The largest absolute Gasteiger partial charge is 0.480 e. The molecule has 9 N–H and O–H groups in total. The average Bonchev–Trinajstić information content (AvgIpc) is 3.45. The number of rotatable bonds is 14. The predicted molar refractivity (Wildman–Crippen MR) is 154 cm³/mol. The molecule has 3 amide bonds. The number of nitrogens with one attached hydrogen (secondary N) is 2. The molecule has 0 spiro atoms. The fourth-order valence-corrected chi connectivity index (χ4v) is 4.82. The Morgan fingerprint density at radius 3 is 2.07 bits per heavy atom. The number of aliphatic carboxylic acids is 1. The van der Waals surface area contributed by atoms with Crippen molar-refractivity contribution in [1.29, 1.82) is 0 Å². The summed E-state index contributed by atoms with van der Waals surface area (Å²) < 4.78 is 0. The maximum absolute atomic E-state index is 13.6. The van der Waals surface area contributed by atoms with Crippen molar-refractivity contribution in [3.05, 3.63) is 71.8 Å². The fraction of sp³-hybridized carbons (Fsp3) is 0.414. The second-order valence-electron chi connectivity index (χ2n) is 10.1. The molecule has 4 atom stereocenters. The molecule has 3 rings (SSSR count). The van der Waals surface area contributed by atoms with Crippen LogP contribution in [0.2, 0.25) is 0 Å². The predicted octanol–water partition coefficient (Wildman–Crippen LogP) is -0.102. The van der Waals surface area contributed by atoms with Crippen molar-refractivity contribution >= 4 is 29.7 Å². The van der Waals surface area contributed by atoms with E-state index in [0.717, 1.165) is 11.1 Å². The van der Waals surface area contributed by atoms with Crippen molar-refractivity contribution in [2.75, 3.05) is 13.1 Å². The van der Waals surface area contributed by atoms with Crippen molar-refractivity contribution < 1.29 is 24.3 Å². The van der Waals surface area contributed by atoms with Crippen LogP contribution in [-0.4, -0.2) is 76.9 Å². The lowest BCUT2D eigenvalue weighted by atomic mass is 10.0. The lowest BCUT2D eigenvalue weighted by molar-refractivity contribution is -0.149. The summed E-state index contributed by atoms with van der Waals surface area (Å²) >= 11 is 0. The van der Waals surface area contributed by atoms with Gasteiger partial charge in [-0.2, -0.15) is 0 Å². The van der Waals surface area contributed by atoms with Gasteiger partial charge in [0.1, 0.15) is 18.1 Å². The zero-order valence-corrected chi connectivity index (χ0v) is 22.9. The highest BCUT2D eigenvalue weighted by Crippen LogP contribution is 2.20. The minimum atomic E-state index is -1.09. The van der Waals surface area contributed by atoms with Gasteiger partial charge in [0.15, 0.2) is 5.96 Å². The van der Waals surface area contributed by atoms with Crippen molar-refractivity contribution in [1.82, 2.24) is 15.5 Å². The molecule has 2 aromatic carbocycles. The zero-order chi connectivity index (χ0) is 29.8. The van der Waals surface area contributed by atoms with Gasteiger partial charge < -0.3 is 37.8 Å². The van der Waals surface area contributed by atoms with Gasteiger partial charge in [-0.15, -0.1) is 0 Å². The van der Waals surface area contributed by atoms with Crippen LogP contribution in [0.15, 0.2) is 65.7 Å². The standard InChI is InChI=1S/C29H39N7O5/c30-21(17-19-9-3-1-4-10-19)25(37)34-22(13-7-15-33-29(31)32)26(38)35-23(18-20-11-5-2-6-12-20)27(39)36-16-8-14-24(36)28(40)41/h1-6,9-12,21-24H,7-8,13-18,30H2,(H,34,37)(H,35,38)(H,40,41)(H4,31,32,33). The molecule has 0 radical (unpaired) electrons. The normalized spacial score (nSPS) is 16.7. The van der Waals surface area contributed by atoms with Crippen LogP contribution in [-0.2, 0) is 32.0 Å². The maximum Gasteiger partial charge on any atom is 0.326 e. The first kappa shape index (κ1) is 31.1. The van der Waals surface area contributed by atoms with Gasteiger partial charge >= 0.3 is 5.97 Å². The molecular formula is C29H39N7O5. The minimum Gasteiger partial charge on any atom is -0.480 e. The minimum absolute atomic E-state index is 0.0907. The van der Waals surface area contributed by atoms with Gasteiger partial charge in [-0.3, -0.25) is 19.4 Å². The lowest BCUT2D eigenvalue weighted by Gasteiger charge is -2.29. The number of carbonyl (C=O) groups is 4. The van der Waals surface area contributed by atoms with Crippen LogP contribution in [0.5, 0.6) is 0 Å². The van der Waals surface area contributed by atoms with Crippen molar-refractivity contribution in [3.63, 3.8) is 0 Å². The molecule has 1 aliphatic heterocycles. The molecule has 220 valence electrons. The quantitative estimate of drug-likeness (QED) is 0.103. The van der Waals surface area contributed by atoms with Gasteiger partial charge in [-0.1, -0.05) is 60.7 Å². The highest BCUT2D eigenvalue weighted by molar-refractivity contribution is 5.94. The number of amides is 3. The van der Waals surface area contributed by atoms with E-state index in [1.807, 2.05) is 60.7 Å². The van der Waals surface area contributed by atoms with Crippen molar-refractivity contribution in [2.45, 2.75) is 62.7 Å². The molecule has 12 nitrogen and oxygen atoms in total. The molecule has 1 aliphatic rings. The van der Waals surface area contributed by atoms with E-state index in [4.69, 9.17) is 17.2 Å². The lowest BCUT2D eigenvalue weighted by Crippen LogP contribution is -2.57. The number of hydrogen-bond donors (Lipinski definition) is 6. The Balaban J connectivity index is 1.78. The molecule has 0 aliphatic carbocycles. The van der Waals surface area contributed by atoms with E-state index < -0.39 is 47.9 Å². The van der Waals surface area contributed by atoms with Crippen LogP contribution in [0.3, 0.4) is 0 Å². The Bertz CT molecular complexity index is 1200. The van der Waals surface area contributed by atoms with E-state index in [0.29, 0.717) is 19.3 Å². The van der Waals surface area contributed by atoms with E-state index in [2.05, 4.69) is 15.6 Å². The molecule has 0 saturated carbocycles. The van der Waals surface area contributed by atoms with Gasteiger partial charge in [0.2, 0.25) is 17.7 Å². The molecule has 4 unspecified atom stereocenters. The van der Waals surface area contributed by atoms with Crippen LogP contribution in [0.25, 0.3) is 0 Å². The third kappa shape index (κ3) is 9.60. The number of hydrogen-bond acceptors (Lipinski definition) is 6. The fourth-order valence-electron chi connectivity index (χ4n) is 4.82. The summed E-state index contributed by atoms with van der Waals surface area (Å²) in [5, 5.41) is 15.1. The van der Waals surface area contributed by atoms with E-state index >= 15 is 0 Å². The van der Waals surface area contributed by atoms with Gasteiger partial charge in [-0.05, 0) is 43.2 Å². The van der Waals surface area contributed by atoms with Gasteiger partial charge in [0.25, 0.3) is 0 Å². The Morgan fingerprint density at radius 2 is 1.49 bits per heavy atom. The first-order valence-electron chi connectivity index (χ1n) is 13.7. The van der Waals surface area contributed by atoms with Gasteiger partial charge in [0, 0.05) is 19.5 Å². The first-order valence-corrected chi connectivity index (χ1v) is 13.7. The van der Waals surface area contributed by atoms with E-state index in [1.54, 1.807) is 0 Å². The molecule has 1 fully saturated rings. The van der Waals surface area contributed by atoms with Crippen molar-refractivity contribution in [2.24, 2.45) is 22.2 Å². The Morgan fingerprint density at radius 1 is 0.902 bits per heavy atom. The van der Waals surface area contributed by atoms with Crippen LogP contribution < -0.4 is 27.8 Å². The van der Waals surface area contributed by atoms with Crippen molar-refractivity contribution in [3.8, 4) is 0 Å². The van der Waals surface area contributed by atoms with Crippen LogP contribution in [0, 0.1) is 0 Å². The summed E-state index contributed by atoms with van der Waals surface area (Å²) in [5.74, 6) is -2.77. The summed E-state index contributed by atoms with van der Waals surface area (Å²) in [4.78, 5) is 57.2. The zero-order valence-electron chi connectivity index (χ0n) is 22.9. The molecular weight excluding hydrogens is 526 g/mol. The summed E-state index contributed by atoms with van der Waals surface area (Å²) in [6, 6.07) is 14.4. The van der Waals surface area contributed by atoms with E-state index in [1.165, 1.54) is 4.90 Å². The monoisotopic (exact) mass is 565 g/mol. The molecule has 12 heteroatoms. The highest BCUT2D eigenvalue weighted by Gasteiger charge is 2.38. The number of guanidine groups is 1. The number of aliphatic imine (C=N–C) groups is 1. The smallest absolute Gasteiger partial charge is 0.326 e. The molecule has 1 saturated heterocycles. The molecule has 0 bridgehead atoms. The summed E-state index contributed by atoms with van der Waals surface area (Å²) in [5.41, 5.74) is 18.6. The average molecular weight is 566 g/mol. The number of carbonyl (C=O) groups excluding carboxylic acids is 3. The molecule has 1 heterocycles. The number of nitrogens with two attached hydrogens (primary N) is 3. The Hall–Kier alpha value is -4.45. The topological polar surface area (TPSA) is 206 Å². The maximum atomic E-state index is 13.6. The van der Waals surface area contributed by atoms with Crippen LogP contribution in [0.1, 0.15) is 36.8 Å².